The molecule has 0 unspecified atom stereocenters. The smallest absolute Gasteiger partial charge is 0.412 e. The fourth-order valence-corrected chi connectivity index (χ4v) is 1.84. The number of carbonyl (C=O) groups excluding carboxylic acids is 1. The minimum atomic E-state index is -0.538. The van der Waals surface area contributed by atoms with Crippen LogP contribution >= 0.6 is 0 Å². The number of rotatable bonds is 5. The number of benzene rings is 1. The van der Waals surface area contributed by atoms with E-state index in [0.717, 1.165) is 24.6 Å². The van der Waals surface area contributed by atoms with E-state index in [1.807, 2.05) is 0 Å². The summed E-state index contributed by atoms with van der Waals surface area (Å²) < 4.78 is 18.2. The highest BCUT2D eigenvalue weighted by molar-refractivity contribution is 5.89. The maximum absolute atomic E-state index is 13.1. The fraction of sp³-hybridized carbons (Fsp3) is 0.333. The molecule has 2 rings (SSSR count). The second-order valence-corrected chi connectivity index (χ2v) is 4.53. The maximum atomic E-state index is 13.1. The second-order valence-electron chi connectivity index (χ2n) is 4.53. The molecule has 0 atom stereocenters. The lowest BCUT2D eigenvalue weighted by Gasteiger charge is -2.07. The van der Waals surface area contributed by atoms with E-state index >= 15 is 0 Å². The van der Waals surface area contributed by atoms with Crippen LogP contribution < -0.4 is 5.32 Å². The number of unbranched alkanes of at least 4 members (excludes halogenated alkanes) is 2. The van der Waals surface area contributed by atoms with Gasteiger partial charge in [-0.2, -0.15) is 0 Å². The highest BCUT2D eigenvalue weighted by Crippen LogP contribution is 2.17. The van der Waals surface area contributed by atoms with Crippen molar-refractivity contribution in [3.8, 4) is 0 Å². The molecular weight excluding hydrogens is 259 g/mol. The number of nitrogens with zero attached hydrogens (tertiary/aromatic N) is 1. The van der Waals surface area contributed by atoms with Crippen LogP contribution in [0.3, 0.4) is 0 Å². The predicted molar refractivity (Wildman–Crippen MR) is 76.2 cm³/mol. The van der Waals surface area contributed by atoms with Crippen LogP contribution in [-0.2, 0) is 4.74 Å². The third kappa shape index (κ3) is 3.91. The summed E-state index contributed by atoms with van der Waals surface area (Å²) in [5, 5.41) is 4.03. The Labute approximate surface area is 117 Å². The van der Waals surface area contributed by atoms with Crippen molar-refractivity contribution < 1.29 is 13.9 Å². The average molecular weight is 276 g/mol. The molecule has 1 N–H and O–H groups in total. The van der Waals surface area contributed by atoms with Gasteiger partial charge in [-0.25, -0.2) is 14.2 Å². The Morgan fingerprint density at radius 2 is 2.15 bits per heavy atom. The molecule has 0 aliphatic heterocycles. The summed E-state index contributed by atoms with van der Waals surface area (Å²) >= 11 is 0. The third-order valence-corrected chi connectivity index (χ3v) is 2.89. The first kappa shape index (κ1) is 14.2. The quantitative estimate of drug-likeness (QED) is 0.836. The largest absolute Gasteiger partial charge is 0.449 e. The number of nitrogens with one attached hydrogen (secondary N) is 1. The van der Waals surface area contributed by atoms with E-state index < -0.39 is 6.09 Å². The summed E-state index contributed by atoms with van der Waals surface area (Å²) in [6.45, 7) is 2.47. The molecule has 1 heterocycles. The van der Waals surface area contributed by atoms with Crippen LogP contribution in [0.5, 0.6) is 0 Å². The molecule has 1 aromatic carbocycles. The molecule has 0 spiro atoms. The molecule has 0 saturated heterocycles. The number of carbonyl (C=O) groups is 1. The van der Waals surface area contributed by atoms with Gasteiger partial charge in [-0.1, -0.05) is 19.8 Å². The normalized spacial score (nSPS) is 10.5. The van der Waals surface area contributed by atoms with Crippen molar-refractivity contribution in [2.75, 3.05) is 11.9 Å². The van der Waals surface area contributed by atoms with Crippen molar-refractivity contribution in [1.82, 2.24) is 4.98 Å². The topological polar surface area (TPSA) is 51.2 Å². The monoisotopic (exact) mass is 276 g/mol. The Balaban J connectivity index is 1.97. The SMILES string of the molecule is CCCCCOC(=O)Nc1cc2cc(F)ccc2cn1. The van der Waals surface area contributed by atoms with E-state index in [0.29, 0.717) is 17.8 Å². The molecule has 0 aliphatic carbocycles. The lowest BCUT2D eigenvalue weighted by molar-refractivity contribution is 0.159. The van der Waals surface area contributed by atoms with Gasteiger partial charge in [0.2, 0.25) is 0 Å². The molecule has 20 heavy (non-hydrogen) atoms. The van der Waals surface area contributed by atoms with Gasteiger partial charge in [-0.3, -0.25) is 5.32 Å². The van der Waals surface area contributed by atoms with Crippen LogP contribution in [0.4, 0.5) is 15.0 Å². The molecule has 1 amide bonds. The van der Waals surface area contributed by atoms with Gasteiger partial charge in [0, 0.05) is 11.6 Å². The zero-order valence-electron chi connectivity index (χ0n) is 11.4. The van der Waals surface area contributed by atoms with Gasteiger partial charge in [0.05, 0.1) is 6.61 Å². The summed E-state index contributed by atoms with van der Waals surface area (Å²) in [5.74, 6) is 0.0281. The zero-order valence-corrected chi connectivity index (χ0v) is 11.4. The van der Waals surface area contributed by atoms with Crippen molar-refractivity contribution in [3.63, 3.8) is 0 Å². The average Bonchev–Trinajstić information content (AvgIpc) is 2.43. The van der Waals surface area contributed by atoms with Crippen molar-refractivity contribution in [2.24, 2.45) is 0 Å². The summed E-state index contributed by atoms with van der Waals surface area (Å²) in [4.78, 5) is 15.6. The second kappa shape index (κ2) is 6.84. The van der Waals surface area contributed by atoms with Crippen LogP contribution in [-0.4, -0.2) is 17.7 Å². The molecule has 1 aromatic heterocycles. The van der Waals surface area contributed by atoms with Gasteiger partial charge in [0.25, 0.3) is 0 Å². The highest BCUT2D eigenvalue weighted by atomic mass is 19.1. The maximum Gasteiger partial charge on any atom is 0.412 e. The van der Waals surface area contributed by atoms with E-state index in [1.54, 1.807) is 18.3 Å². The zero-order chi connectivity index (χ0) is 14.4. The summed E-state index contributed by atoms with van der Waals surface area (Å²) in [7, 11) is 0. The van der Waals surface area contributed by atoms with Crippen LogP contribution in [0.25, 0.3) is 10.8 Å². The first-order valence-corrected chi connectivity index (χ1v) is 6.68. The number of fused-ring (bicyclic) bond motifs is 1. The summed E-state index contributed by atoms with van der Waals surface area (Å²) in [6, 6.07) is 6.03. The van der Waals surface area contributed by atoms with E-state index in [4.69, 9.17) is 4.74 Å². The van der Waals surface area contributed by atoms with E-state index in [1.165, 1.54) is 12.1 Å². The molecule has 0 aliphatic rings. The van der Waals surface area contributed by atoms with Gasteiger partial charge in [-0.15, -0.1) is 0 Å². The molecular formula is C15H17FN2O2. The standard InChI is InChI=1S/C15H17FN2O2/c1-2-3-4-7-20-15(19)18-14-9-12-8-13(16)6-5-11(12)10-17-14/h5-6,8-10H,2-4,7H2,1H3,(H,17,18,19). The number of hydrogen-bond donors (Lipinski definition) is 1. The van der Waals surface area contributed by atoms with Crippen molar-refractivity contribution in [2.45, 2.75) is 26.2 Å². The lowest BCUT2D eigenvalue weighted by atomic mass is 10.2. The van der Waals surface area contributed by atoms with Gasteiger partial charge in [0.1, 0.15) is 11.6 Å². The number of halogens is 1. The van der Waals surface area contributed by atoms with E-state index in [-0.39, 0.29) is 5.82 Å². The number of aromatic nitrogens is 1. The molecule has 0 saturated carbocycles. The number of amides is 1. The van der Waals surface area contributed by atoms with Crippen LogP contribution in [0, 0.1) is 5.82 Å². The molecule has 5 heteroatoms. The van der Waals surface area contributed by atoms with Crippen molar-refractivity contribution in [3.05, 3.63) is 36.3 Å². The summed E-state index contributed by atoms with van der Waals surface area (Å²) in [5.41, 5.74) is 0. The molecule has 0 bridgehead atoms. The minimum Gasteiger partial charge on any atom is -0.449 e. The van der Waals surface area contributed by atoms with E-state index in [9.17, 15) is 9.18 Å². The molecule has 106 valence electrons. The Hall–Kier alpha value is -2.17. The molecule has 0 fully saturated rings. The minimum absolute atomic E-state index is 0.322. The molecule has 4 nitrogen and oxygen atoms in total. The fourth-order valence-electron chi connectivity index (χ4n) is 1.84. The van der Waals surface area contributed by atoms with Crippen molar-refractivity contribution >= 4 is 22.7 Å². The Morgan fingerprint density at radius 1 is 1.30 bits per heavy atom. The van der Waals surface area contributed by atoms with Crippen LogP contribution in [0.2, 0.25) is 0 Å². The molecule has 0 radical (unpaired) electrons. The van der Waals surface area contributed by atoms with Gasteiger partial charge < -0.3 is 4.74 Å². The van der Waals surface area contributed by atoms with Gasteiger partial charge in [-0.05, 0) is 36.1 Å². The van der Waals surface area contributed by atoms with Crippen LogP contribution in [0.1, 0.15) is 26.2 Å². The first-order valence-electron chi connectivity index (χ1n) is 6.68. The van der Waals surface area contributed by atoms with Crippen molar-refractivity contribution in [1.29, 1.82) is 0 Å². The van der Waals surface area contributed by atoms with Gasteiger partial charge >= 0.3 is 6.09 Å². The predicted octanol–water partition coefficient (Wildman–Crippen LogP) is 4.11. The third-order valence-electron chi connectivity index (χ3n) is 2.89. The number of ether oxygens (including phenoxy) is 1. The lowest BCUT2D eigenvalue weighted by Crippen LogP contribution is -2.15. The highest BCUT2D eigenvalue weighted by Gasteiger charge is 2.05. The summed E-state index contributed by atoms with van der Waals surface area (Å²) in [6.07, 6.45) is 4.00. The first-order chi connectivity index (χ1) is 9.69. The Morgan fingerprint density at radius 3 is 2.95 bits per heavy atom. The molecule has 2 aromatic rings. The number of pyridine rings is 1. The Bertz CT molecular complexity index is 601. The number of anilines is 1. The van der Waals surface area contributed by atoms with Gasteiger partial charge in [0.15, 0.2) is 0 Å². The Kier molecular flexibility index (Phi) is 4.87. The van der Waals surface area contributed by atoms with E-state index in [2.05, 4.69) is 17.2 Å². The number of hydrogen-bond acceptors (Lipinski definition) is 3. The van der Waals surface area contributed by atoms with Crippen LogP contribution in [0.15, 0.2) is 30.5 Å².